The molecule has 0 aliphatic rings. The van der Waals surface area contributed by atoms with Gasteiger partial charge in [-0.3, -0.25) is 0 Å². The Balaban J connectivity index is 0.000000324. The van der Waals surface area contributed by atoms with E-state index in [1.54, 1.807) is 12.1 Å². The molecule has 1 radical (unpaired) electrons. The summed E-state index contributed by atoms with van der Waals surface area (Å²) in [7, 11) is -4.69. The molecule has 0 atom stereocenters. The molecule has 1 heterocycles. The van der Waals surface area contributed by atoms with Crippen LogP contribution in [0.3, 0.4) is 0 Å². The predicted molar refractivity (Wildman–Crippen MR) is 60.4 cm³/mol. The fourth-order valence-corrected chi connectivity index (χ4v) is 1.72. The standard InChI is InChI=1S/C12H8N2O.ClHO4.Cu/c15-14-11-7-3-1-5-9(11)13-10-6-2-4-8-12(10)14;2-1(3,4)5;/h1-8H;(H,2,3,4,5);/q;;+2. The molecule has 0 unspecified atom stereocenters. The third kappa shape index (κ3) is 4.76. The Bertz CT molecular complexity index is 690. The number of hydrogen-bond acceptors (Lipinski definition) is 6. The SMILES string of the molecule is [Cu+2].[O-][Cl+3]([O-])([O-])O.[O-][n+]1c2ccccc2nc2ccccc21. The molecule has 0 fully saturated rings. The van der Waals surface area contributed by atoms with Crippen molar-refractivity contribution in [1.29, 1.82) is 0 Å². The van der Waals surface area contributed by atoms with Gasteiger partial charge in [0.15, 0.2) is 0 Å². The van der Waals surface area contributed by atoms with Crippen molar-refractivity contribution in [2.75, 3.05) is 0 Å². The monoisotopic (exact) mass is 359 g/mol. The van der Waals surface area contributed by atoms with Crippen molar-refractivity contribution < 1.29 is 50.7 Å². The molecule has 0 bridgehead atoms. The first kappa shape index (κ1) is 17.5. The van der Waals surface area contributed by atoms with E-state index in [1.807, 2.05) is 36.4 Å². The Labute approximate surface area is 131 Å². The third-order valence-corrected chi connectivity index (χ3v) is 2.44. The Morgan fingerprint density at radius 1 is 0.857 bits per heavy atom. The van der Waals surface area contributed by atoms with Crippen LogP contribution in [-0.4, -0.2) is 9.64 Å². The second kappa shape index (κ2) is 6.97. The molecule has 0 spiro atoms. The number of benzene rings is 2. The number of rotatable bonds is 0. The summed E-state index contributed by atoms with van der Waals surface area (Å²) in [6.07, 6.45) is 0. The van der Waals surface area contributed by atoms with Gasteiger partial charge in [0.1, 0.15) is 11.0 Å². The van der Waals surface area contributed by atoms with Crippen molar-refractivity contribution in [2.45, 2.75) is 0 Å². The minimum absolute atomic E-state index is 0. The predicted octanol–water partition coefficient (Wildman–Crippen LogP) is -2.11. The maximum absolute atomic E-state index is 12.0. The van der Waals surface area contributed by atoms with E-state index in [-0.39, 0.29) is 17.1 Å². The Hall–Kier alpha value is -1.51. The molecule has 0 aliphatic heterocycles. The number of aromatic nitrogens is 2. The topological polar surface area (TPSA) is 129 Å². The van der Waals surface area contributed by atoms with Crippen molar-refractivity contribution >= 4 is 22.1 Å². The fraction of sp³-hybridized carbons (Fsp3) is 0. The first-order valence-corrected chi connectivity index (χ1v) is 6.63. The van der Waals surface area contributed by atoms with Crippen LogP contribution in [0.1, 0.15) is 0 Å². The molecule has 3 rings (SSSR count). The van der Waals surface area contributed by atoms with Gasteiger partial charge >= 0.3 is 17.1 Å². The Morgan fingerprint density at radius 2 is 1.19 bits per heavy atom. The van der Waals surface area contributed by atoms with Crippen LogP contribution >= 0.6 is 0 Å². The summed E-state index contributed by atoms with van der Waals surface area (Å²) in [6.45, 7) is 0. The second-order valence-electron chi connectivity index (χ2n) is 3.78. The average molecular weight is 360 g/mol. The molecule has 1 N–H and O–H groups in total. The summed E-state index contributed by atoms with van der Waals surface area (Å²) >= 11 is 0. The summed E-state index contributed by atoms with van der Waals surface area (Å²) in [6, 6.07) is 14.7. The van der Waals surface area contributed by atoms with E-state index < -0.39 is 10.2 Å². The van der Waals surface area contributed by atoms with Crippen LogP contribution in [0.4, 0.5) is 0 Å². The van der Waals surface area contributed by atoms with Crippen molar-refractivity contribution in [2.24, 2.45) is 0 Å². The van der Waals surface area contributed by atoms with Gasteiger partial charge in [-0.1, -0.05) is 24.3 Å². The maximum Gasteiger partial charge on any atom is 2.00 e. The van der Waals surface area contributed by atoms with Crippen LogP contribution in [0.25, 0.3) is 22.1 Å². The molecule has 3 aromatic rings. The van der Waals surface area contributed by atoms with Crippen molar-refractivity contribution in [1.82, 2.24) is 4.98 Å². The van der Waals surface area contributed by atoms with E-state index in [1.165, 1.54) is 0 Å². The van der Waals surface area contributed by atoms with Crippen LogP contribution in [0.2, 0.25) is 0 Å². The van der Waals surface area contributed by atoms with Gasteiger partial charge < -0.3 is 5.21 Å². The molecule has 21 heavy (non-hydrogen) atoms. The minimum atomic E-state index is -4.69. The van der Waals surface area contributed by atoms with E-state index in [9.17, 15) is 5.21 Å². The summed E-state index contributed by atoms with van der Waals surface area (Å²) in [5.74, 6) is 0. The maximum atomic E-state index is 12.0. The van der Waals surface area contributed by atoms with Gasteiger partial charge in [0.25, 0.3) is 0 Å². The van der Waals surface area contributed by atoms with Gasteiger partial charge in [0.2, 0.25) is 11.0 Å². The van der Waals surface area contributed by atoms with Crippen LogP contribution in [0.5, 0.6) is 0 Å². The second-order valence-corrected chi connectivity index (χ2v) is 4.57. The van der Waals surface area contributed by atoms with E-state index in [4.69, 9.17) is 18.6 Å². The van der Waals surface area contributed by atoms with Crippen molar-refractivity contribution in [3.05, 3.63) is 53.7 Å². The Kier molecular flexibility index (Phi) is 5.82. The van der Waals surface area contributed by atoms with E-state index in [2.05, 4.69) is 4.98 Å². The molecule has 113 valence electrons. The largest absolute Gasteiger partial charge is 2.00 e. The van der Waals surface area contributed by atoms with Gasteiger partial charge in [0, 0.05) is 12.1 Å². The zero-order chi connectivity index (χ0) is 14.8. The fourth-order valence-electron chi connectivity index (χ4n) is 1.72. The summed E-state index contributed by atoms with van der Waals surface area (Å²) in [5, 5.41) is 12.0. The third-order valence-electron chi connectivity index (χ3n) is 2.44. The minimum Gasteiger partial charge on any atom is -0.618 e. The molecule has 0 saturated carbocycles. The van der Waals surface area contributed by atoms with Gasteiger partial charge in [-0.2, -0.15) is 18.7 Å². The van der Waals surface area contributed by atoms with Gasteiger partial charge in [-0.25, -0.2) is 4.98 Å². The van der Waals surface area contributed by atoms with E-state index in [0.717, 1.165) is 15.8 Å². The normalized spacial score (nSPS) is 10.7. The number of para-hydroxylation sites is 4. The number of nitrogens with zero attached hydrogens (tertiary/aromatic N) is 2. The molecular formula is C12H9ClCuN2O5+2. The molecular weight excluding hydrogens is 351 g/mol. The van der Waals surface area contributed by atoms with Crippen molar-refractivity contribution in [3.8, 4) is 0 Å². The van der Waals surface area contributed by atoms with Gasteiger partial charge in [0.05, 0.1) is 14.9 Å². The molecule has 2 aromatic carbocycles. The van der Waals surface area contributed by atoms with Gasteiger partial charge in [-0.05, 0) is 12.1 Å². The van der Waals surface area contributed by atoms with E-state index in [0.29, 0.717) is 11.0 Å². The molecule has 0 saturated heterocycles. The molecule has 1 aromatic heterocycles. The number of hydrogen-bond donors (Lipinski definition) is 1. The zero-order valence-corrected chi connectivity index (χ0v) is 12.0. The summed E-state index contributed by atoms with van der Waals surface area (Å²) in [5.41, 5.74) is 2.67. The van der Waals surface area contributed by atoms with Crippen LogP contribution in [-0.2, 0) is 17.1 Å². The summed E-state index contributed by atoms with van der Waals surface area (Å²) in [4.78, 5) is 4.42. The van der Waals surface area contributed by atoms with Gasteiger partial charge in [-0.15, -0.1) is 0 Å². The molecule has 0 amide bonds. The molecule has 7 nitrogen and oxygen atoms in total. The molecule has 0 aliphatic carbocycles. The van der Waals surface area contributed by atoms with Crippen LogP contribution in [0.15, 0.2) is 48.5 Å². The Morgan fingerprint density at radius 3 is 1.57 bits per heavy atom. The smallest absolute Gasteiger partial charge is 0.618 e. The van der Waals surface area contributed by atoms with E-state index >= 15 is 0 Å². The quantitative estimate of drug-likeness (QED) is 0.212. The summed E-state index contributed by atoms with van der Waals surface area (Å²) < 4.78 is 33.7. The van der Waals surface area contributed by atoms with Crippen LogP contribution in [0, 0.1) is 15.5 Å². The number of fused-ring (bicyclic) bond motifs is 2. The van der Waals surface area contributed by atoms with Crippen LogP contribution < -0.4 is 18.7 Å². The first-order valence-electron chi connectivity index (χ1n) is 5.36. The first-order chi connectivity index (χ1) is 9.36. The average Bonchev–Trinajstić information content (AvgIpc) is 2.37. The van der Waals surface area contributed by atoms with Crippen molar-refractivity contribution in [3.63, 3.8) is 0 Å². The zero-order valence-electron chi connectivity index (χ0n) is 10.3. The molecule has 9 heteroatoms. The number of halogens is 1.